The number of nitrogens with zero attached hydrogens (tertiary/aromatic N) is 5. The smallest absolute Gasteiger partial charge is 0.275 e. The van der Waals surface area contributed by atoms with Crippen LogP contribution in [0.3, 0.4) is 0 Å². The highest BCUT2D eigenvalue weighted by molar-refractivity contribution is 6.33. The molecule has 1 aromatic carbocycles. The number of benzene rings is 1. The minimum absolute atomic E-state index is 0.0428. The van der Waals surface area contributed by atoms with Gasteiger partial charge in [0.2, 0.25) is 11.6 Å². The molecule has 1 amide bonds. The second-order valence-corrected chi connectivity index (χ2v) is 7.76. The Bertz CT molecular complexity index is 1200. The average Bonchev–Trinajstić information content (AvgIpc) is 3.15. The number of rotatable bonds is 4. The van der Waals surface area contributed by atoms with Crippen molar-refractivity contribution in [1.82, 2.24) is 19.4 Å². The maximum absolute atomic E-state index is 14.4. The Morgan fingerprint density at radius 3 is 2.81 bits per heavy atom. The Morgan fingerprint density at radius 2 is 2.19 bits per heavy atom. The minimum atomic E-state index is -0.689. The van der Waals surface area contributed by atoms with E-state index in [0.29, 0.717) is 30.2 Å². The third kappa shape index (κ3) is 4.02. The van der Waals surface area contributed by atoms with Crippen LogP contribution >= 0.6 is 11.6 Å². The summed E-state index contributed by atoms with van der Waals surface area (Å²) < 4.78 is 21.0. The highest BCUT2D eigenvalue weighted by Gasteiger charge is 2.29. The van der Waals surface area contributed by atoms with Crippen LogP contribution in [0.2, 0.25) is 5.15 Å². The van der Waals surface area contributed by atoms with Crippen LogP contribution in [0.1, 0.15) is 23.3 Å². The summed E-state index contributed by atoms with van der Waals surface area (Å²) in [7, 11) is 1.50. The molecule has 0 saturated carbocycles. The fourth-order valence-electron chi connectivity index (χ4n) is 3.67. The van der Waals surface area contributed by atoms with Gasteiger partial charge in [0, 0.05) is 30.8 Å². The molecule has 32 heavy (non-hydrogen) atoms. The number of hydrogen-bond donors (Lipinski definition) is 1. The number of methoxy groups -OCH3 is 1. The summed E-state index contributed by atoms with van der Waals surface area (Å²) in [5.41, 5.74) is 6.84. The summed E-state index contributed by atoms with van der Waals surface area (Å²) in [4.78, 5) is 26.7. The molecule has 1 fully saturated rings. The molecule has 1 aliphatic heterocycles. The minimum Gasteiger partial charge on any atom is -0.481 e. The number of halogens is 2. The zero-order valence-corrected chi connectivity index (χ0v) is 18.0. The van der Waals surface area contributed by atoms with Crippen molar-refractivity contribution < 1.29 is 13.9 Å². The van der Waals surface area contributed by atoms with E-state index in [1.165, 1.54) is 30.0 Å². The molecule has 0 spiro atoms. The number of carbonyl (C=O) groups excluding carboxylic acids is 1. The lowest BCUT2D eigenvalue weighted by atomic mass is 10.1. The monoisotopic (exact) mass is 454 g/mol. The highest BCUT2D eigenvalue weighted by Crippen LogP contribution is 2.33. The van der Waals surface area contributed by atoms with E-state index in [2.05, 4.69) is 14.8 Å². The van der Waals surface area contributed by atoms with Crippen molar-refractivity contribution in [3.05, 3.63) is 64.6 Å². The third-order valence-corrected chi connectivity index (χ3v) is 5.63. The van der Waals surface area contributed by atoms with Gasteiger partial charge in [0.25, 0.3) is 5.91 Å². The molecule has 3 aromatic rings. The first-order valence-corrected chi connectivity index (χ1v) is 10.3. The predicted octanol–water partition coefficient (Wildman–Crippen LogP) is 3.85. The molecule has 10 heteroatoms. The van der Waals surface area contributed by atoms with E-state index >= 15 is 0 Å². The number of piperidine rings is 1. The van der Waals surface area contributed by atoms with Gasteiger partial charge in [-0.3, -0.25) is 9.36 Å². The number of pyridine rings is 1. The summed E-state index contributed by atoms with van der Waals surface area (Å²) in [5.74, 6) is -0.379. The third-order valence-electron chi connectivity index (χ3n) is 5.28. The lowest BCUT2D eigenvalue weighted by molar-refractivity contribution is 0.0703. The summed E-state index contributed by atoms with van der Waals surface area (Å²) in [5, 5.41) is 0.0748. The van der Waals surface area contributed by atoms with Crippen LogP contribution in [0.4, 0.5) is 10.1 Å². The van der Waals surface area contributed by atoms with Crippen molar-refractivity contribution in [2.45, 2.75) is 18.9 Å². The zero-order chi connectivity index (χ0) is 22.8. The lowest BCUT2D eigenvalue weighted by Gasteiger charge is -2.30. The fourth-order valence-corrected chi connectivity index (χ4v) is 3.97. The van der Waals surface area contributed by atoms with Crippen molar-refractivity contribution in [1.29, 1.82) is 0 Å². The Labute approximate surface area is 189 Å². The van der Waals surface area contributed by atoms with Gasteiger partial charge in [0.05, 0.1) is 25.6 Å². The van der Waals surface area contributed by atoms with Gasteiger partial charge in [-0.05, 0) is 25.0 Å². The first-order chi connectivity index (χ1) is 15.4. The second-order valence-electron chi connectivity index (χ2n) is 7.40. The molecular formula is C22H20ClFN6O2. The van der Waals surface area contributed by atoms with Gasteiger partial charge in [0.15, 0.2) is 5.69 Å². The van der Waals surface area contributed by atoms with Gasteiger partial charge >= 0.3 is 0 Å². The quantitative estimate of drug-likeness (QED) is 0.605. The van der Waals surface area contributed by atoms with E-state index in [1.54, 1.807) is 23.1 Å². The van der Waals surface area contributed by atoms with Crippen LogP contribution in [-0.2, 0) is 0 Å². The molecule has 1 saturated heterocycles. The Balaban J connectivity index is 1.85. The fraction of sp³-hybridized carbons (Fsp3) is 0.273. The SMILES string of the molecule is [C-]#[N+]c1ccc(-c2nc(C(=O)N3CCC[C@H](N)C3)c(Cl)n2-c2ccc(OC)nc2)cc1F. The number of aromatic nitrogens is 3. The first kappa shape index (κ1) is 21.7. The predicted molar refractivity (Wildman–Crippen MR) is 118 cm³/mol. The highest BCUT2D eigenvalue weighted by atomic mass is 35.5. The van der Waals surface area contributed by atoms with E-state index in [-0.39, 0.29) is 34.3 Å². The topological polar surface area (TPSA) is 90.6 Å². The van der Waals surface area contributed by atoms with Crippen LogP contribution < -0.4 is 10.5 Å². The van der Waals surface area contributed by atoms with E-state index in [1.807, 2.05) is 0 Å². The second kappa shape index (κ2) is 8.94. The van der Waals surface area contributed by atoms with E-state index in [0.717, 1.165) is 12.8 Å². The van der Waals surface area contributed by atoms with Crippen molar-refractivity contribution in [2.75, 3.05) is 20.2 Å². The largest absolute Gasteiger partial charge is 0.481 e. The molecule has 0 aliphatic carbocycles. The molecular weight excluding hydrogens is 435 g/mol. The van der Waals surface area contributed by atoms with Crippen molar-refractivity contribution in [3.63, 3.8) is 0 Å². The van der Waals surface area contributed by atoms with Gasteiger partial charge in [-0.15, -0.1) is 0 Å². The van der Waals surface area contributed by atoms with Gasteiger partial charge in [-0.2, -0.15) is 0 Å². The summed E-state index contributed by atoms with van der Waals surface area (Å²) in [6.07, 6.45) is 3.16. The molecule has 0 bridgehead atoms. The first-order valence-electron chi connectivity index (χ1n) is 9.93. The molecule has 1 atom stereocenters. The maximum Gasteiger partial charge on any atom is 0.275 e. The van der Waals surface area contributed by atoms with Crippen molar-refractivity contribution in [2.24, 2.45) is 5.73 Å². The molecule has 0 radical (unpaired) electrons. The molecule has 4 rings (SSSR count). The van der Waals surface area contributed by atoms with Crippen LogP contribution in [0.25, 0.3) is 21.9 Å². The van der Waals surface area contributed by atoms with E-state index in [4.69, 9.17) is 28.6 Å². The van der Waals surface area contributed by atoms with Crippen LogP contribution in [0, 0.1) is 12.4 Å². The molecule has 2 N–H and O–H groups in total. The molecule has 1 aliphatic rings. The average molecular weight is 455 g/mol. The molecule has 2 aromatic heterocycles. The number of hydrogen-bond acceptors (Lipinski definition) is 5. The van der Waals surface area contributed by atoms with E-state index < -0.39 is 5.82 Å². The maximum atomic E-state index is 14.4. The molecule has 8 nitrogen and oxygen atoms in total. The lowest BCUT2D eigenvalue weighted by Crippen LogP contribution is -2.45. The summed E-state index contributed by atoms with van der Waals surface area (Å²) in [6.45, 7) is 8.03. The van der Waals surface area contributed by atoms with Gasteiger partial charge in [-0.25, -0.2) is 19.2 Å². The van der Waals surface area contributed by atoms with Crippen molar-refractivity contribution >= 4 is 23.2 Å². The number of nitrogens with two attached hydrogens (primary N) is 1. The Kier molecular flexibility index (Phi) is 6.08. The molecule has 3 heterocycles. The van der Waals surface area contributed by atoms with Gasteiger partial charge in [-0.1, -0.05) is 23.7 Å². The van der Waals surface area contributed by atoms with Crippen LogP contribution in [-0.4, -0.2) is 51.6 Å². The van der Waals surface area contributed by atoms with Gasteiger partial charge in [0.1, 0.15) is 16.8 Å². The normalized spacial score (nSPS) is 16.0. The van der Waals surface area contributed by atoms with Crippen molar-refractivity contribution in [3.8, 4) is 23.0 Å². The number of imidazole rings is 1. The number of carbonyl (C=O) groups is 1. The van der Waals surface area contributed by atoms with Gasteiger partial charge < -0.3 is 15.4 Å². The number of amides is 1. The summed E-state index contributed by atoms with van der Waals surface area (Å²) in [6, 6.07) is 7.37. The number of likely N-dealkylation sites (tertiary alicyclic amines) is 1. The Hall–Kier alpha value is -3.48. The van der Waals surface area contributed by atoms with E-state index in [9.17, 15) is 9.18 Å². The zero-order valence-electron chi connectivity index (χ0n) is 17.3. The molecule has 164 valence electrons. The Morgan fingerprint density at radius 1 is 1.38 bits per heavy atom. The number of ether oxygens (including phenoxy) is 1. The summed E-state index contributed by atoms with van der Waals surface area (Å²) >= 11 is 6.66. The van der Waals surface area contributed by atoms with Crippen LogP contribution in [0.15, 0.2) is 36.5 Å². The van der Waals surface area contributed by atoms with Crippen LogP contribution in [0.5, 0.6) is 5.88 Å². The standard InChI is InChI=1S/C22H20ClFN6O2/c1-26-17-7-5-13(10-16(17)24)21-28-19(22(31)29-9-3-4-14(25)12-29)20(23)30(21)15-6-8-18(32-2)27-11-15/h5-8,10-11,14H,3-4,9,12,25H2,2H3/t14-/m0/s1. The molecule has 0 unspecified atom stereocenters.